The van der Waals surface area contributed by atoms with Gasteiger partial charge in [0.25, 0.3) is 0 Å². The molecular formula is C31H46N6O7. The zero-order chi connectivity index (χ0) is 32.7. The molecule has 13 nitrogen and oxygen atoms in total. The van der Waals surface area contributed by atoms with Gasteiger partial charge in [-0.15, -0.1) is 0 Å². The van der Waals surface area contributed by atoms with Crippen molar-refractivity contribution in [3.05, 3.63) is 23.5 Å². The molecule has 1 aliphatic carbocycles. The van der Waals surface area contributed by atoms with Crippen LogP contribution >= 0.6 is 0 Å². The number of hydrogen-bond donors (Lipinski definition) is 4. The summed E-state index contributed by atoms with van der Waals surface area (Å²) in [6.45, 7) is 8.78. The molecule has 1 aliphatic heterocycles. The van der Waals surface area contributed by atoms with Gasteiger partial charge in [-0.2, -0.15) is 5.26 Å². The van der Waals surface area contributed by atoms with Crippen molar-refractivity contribution < 1.29 is 33.7 Å². The highest BCUT2D eigenvalue weighted by atomic mass is 16.6. The van der Waals surface area contributed by atoms with Crippen molar-refractivity contribution in [3.8, 4) is 6.07 Å². The third kappa shape index (κ3) is 7.91. The Morgan fingerprint density at radius 2 is 1.98 bits per heavy atom. The normalized spacial score (nSPS) is 25.0. The summed E-state index contributed by atoms with van der Waals surface area (Å²) in [6, 6.07) is 4.07. The lowest BCUT2D eigenvalue weighted by molar-refractivity contribution is -0.163. The molecule has 0 bridgehead atoms. The van der Waals surface area contributed by atoms with E-state index in [0.29, 0.717) is 18.5 Å². The van der Waals surface area contributed by atoms with Gasteiger partial charge in [0.1, 0.15) is 37.3 Å². The number of ether oxygens (including phenoxy) is 3. The maximum Gasteiger partial charge on any atom is 0.323 e. The summed E-state index contributed by atoms with van der Waals surface area (Å²) in [4.78, 5) is 49.5. The molecular weight excluding hydrogens is 568 g/mol. The minimum absolute atomic E-state index is 0.116. The fourth-order valence-electron chi connectivity index (χ4n) is 5.10. The molecule has 13 heteroatoms. The van der Waals surface area contributed by atoms with Crippen LogP contribution in [-0.4, -0.2) is 78.1 Å². The molecule has 44 heavy (non-hydrogen) atoms. The standard InChI is InChI=1S/C31H46N6O7/c1-7-19(8-2)28(40)37-27(35-17-34-6)20-12-13-22(36-20)31(16-32)26(39)24(43-29(41)25(33)30(3,4)5)21(44-31)15-42-23(38)14-18-10-9-11-18/h12-13,17-19,21,24-26,36,39H,7-11,14-15,33H2,1-6H3,(H,34,35,37,40)/t21-,24-,25-,26-,31+/m1/s1. The first-order valence-corrected chi connectivity index (χ1v) is 15.2. The highest BCUT2D eigenvalue weighted by Crippen LogP contribution is 2.41. The van der Waals surface area contributed by atoms with Crippen LogP contribution in [0.3, 0.4) is 0 Å². The molecule has 2 aliphatic rings. The lowest BCUT2D eigenvalue weighted by Crippen LogP contribution is -2.49. The number of nitrogens with two attached hydrogens (primary N) is 1. The molecule has 0 aromatic carbocycles. The van der Waals surface area contributed by atoms with Crippen molar-refractivity contribution in [2.24, 2.45) is 33.0 Å². The summed E-state index contributed by atoms with van der Waals surface area (Å²) in [5.41, 5.74) is 3.86. The number of carbonyl (C=O) groups excluding carboxylic acids is 3. The van der Waals surface area contributed by atoms with Crippen LogP contribution in [0.15, 0.2) is 22.1 Å². The average Bonchev–Trinajstić information content (AvgIpc) is 3.55. The summed E-state index contributed by atoms with van der Waals surface area (Å²) in [5, 5.41) is 24.8. The third-order valence-corrected chi connectivity index (χ3v) is 8.37. The van der Waals surface area contributed by atoms with Gasteiger partial charge < -0.3 is 35.4 Å². The largest absolute Gasteiger partial charge is 0.463 e. The van der Waals surface area contributed by atoms with Crippen LogP contribution in [0.4, 0.5) is 0 Å². The maximum atomic E-state index is 13.0. The van der Waals surface area contributed by atoms with Crippen molar-refractivity contribution in [1.82, 2.24) is 10.3 Å². The van der Waals surface area contributed by atoms with Crippen LogP contribution in [0.1, 0.15) is 84.5 Å². The van der Waals surface area contributed by atoms with Gasteiger partial charge in [-0.05, 0) is 49.1 Å². The van der Waals surface area contributed by atoms with Gasteiger partial charge in [-0.25, -0.2) is 4.99 Å². The zero-order valence-corrected chi connectivity index (χ0v) is 26.5. The van der Waals surface area contributed by atoms with Crippen molar-refractivity contribution in [1.29, 1.82) is 5.26 Å². The van der Waals surface area contributed by atoms with Gasteiger partial charge in [0.05, 0.1) is 11.4 Å². The number of amidine groups is 1. The summed E-state index contributed by atoms with van der Waals surface area (Å²) in [6.07, 6.45) is 1.54. The second-order valence-corrected chi connectivity index (χ2v) is 12.5. The summed E-state index contributed by atoms with van der Waals surface area (Å²) in [5.74, 6) is -1.28. The lowest BCUT2D eigenvalue weighted by Gasteiger charge is -2.29. The van der Waals surface area contributed by atoms with E-state index in [9.17, 15) is 24.8 Å². The topological polar surface area (TPSA) is 201 Å². The molecule has 1 aromatic heterocycles. The number of aliphatic hydroxyl groups is 1. The van der Waals surface area contributed by atoms with E-state index in [2.05, 4.69) is 20.3 Å². The molecule has 2 fully saturated rings. The van der Waals surface area contributed by atoms with Gasteiger partial charge in [-0.1, -0.05) is 41.0 Å². The van der Waals surface area contributed by atoms with E-state index >= 15 is 0 Å². The molecule has 0 unspecified atom stereocenters. The molecule has 5 N–H and O–H groups in total. The van der Waals surface area contributed by atoms with Gasteiger partial charge in [-0.3, -0.25) is 19.4 Å². The van der Waals surface area contributed by atoms with Crippen molar-refractivity contribution >= 4 is 30.0 Å². The van der Waals surface area contributed by atoms with E-state index in [1.54, 1.807) is 26.8 Å². The van der Waals surface area contributed by atoms with E-state index in [0.717, 1.165) is 19.3 Å². The Balaban J connectivity index is 1.92. The maximum absolute atomic E-state index is 13.0. The number of H-pyrrole nitrogens is 1. The van der Waals surface area contributed by atoms with Crippen LogP contribution in [-0.2, 0) is 34.2 Å². The Labute approximate surface area is 258 Å². The smallest absolute Gasteiger partial charge is 0.323 e. The number of nitrogens with zero attached hydrogens (tertiary/aromatic N) is 3. The molecule has 0 spiro atoms. The number of rotatable bonds is 12. The minimum Gasteiger partial charge on any atom is -0.463 e. The van der Waals surface area contributed by atoms with Crippen LogP contribution in [0.25, 0.3) is 0 Å². The predicted molar refractivity (Wildman–Crippen MR) is 162 cm³/mol. The fourth-order valence-corrected chi connectivity index (χ4v) is 5.10. The molecule has 1 aromatic rings. The Morgan fingerprint density at radius 1 is 1.30 bits per heavy atom. The highest BCUT2D eigenvalue weighted by molar-refractivity contribution is 6.09. The number of aromatic nitrogens is 1. The Hall–Kier alpha value is -3.60. The van der Waals surface area contributed by atoms with Crippen molar-refractivity contribution in [3.63, 3.8) is 0 Å². The summed E-state index contributed by atoms with van der Waals surface area (Å²) >= 11 is 0. The second-order valence-electron chi connectivity index (χ2n) is 12.5. The number of aromatic amines is 1. The number of carbonyl (C=O) groups is 3. The van der Waals surface area contributed by atoms with Crippen molar-refractivity contribution in [2.45, 2.75) is 103 Å². The quantitative estimate of drug-likeness (QED) is 0.155. The van der Waals surface area contributed by atoms with Gasteiger partial charge >= 0.3 is 11.9 Å². The average molecular weight is 615 g/mol. The van der Waals surface area contributed by atoms with E-state index < -0.39 is 47.3 Å². The van der Waals surface area contributed by atoms with Crippen LogP contribution in [0, 0.1) is 28.6 Å². The molecule has 0 radical (unpaired) electrons. The molecule has 3 rings (SSSR count). The first-order valence-electron chi connectivity index (χ1n) is 15.2. The van der Waals surface area contributed by atoms with E-state index in [4.69, 9.17) is 19.9 Å². The van der Waals surface area contributed by atoms with Crippen LogP contribution < -0.4 is 11.1 Å². The number of amides is 1. The number of nitriles is 1. The highest BCUT2D eigenvalue weighted by Gasteiger charge is 2.59. The number of aliphatic hydroxyl groups excluding tert-OH is 1. The number of nitrogens with one attached hydrogen (secondary N) is 2. The Bertz CT molecular complexity index is 1270. The summed E-state index contributed by atoms with van der Waals surface area (Å²) in [7, 11) is 1.53. The van der Waals surface area contributed by atoms with Crippen LogP contribution in [0.2, 0.25) is 0 Å². The van der Waals surface area contributed by atoms with Crippen molar-refractivity contribution in [2.75, 3.05) is 13.7 Å². The van der Waals surface area contributed by atoms with E-state index in [1.165, 1.54) is 19.5 Å². The van der Waals surface area contributed by atoms with E-state index in [1.807, 2.05) is 19.9 Å². The predicted octanol–water partition coefficient (Wildman–Crippen LogP) is 2.47. The summed E-state index contributed by atoms with van der Waals surface area (Å²) < 4.78 is 17.2. The molecule has 2 heterocycles. The van der Waals surface area contributed by atoms with Gasteiger partial charge in [0, 0.05) is 19.4 Å². The van der Waals surface area contributed by atoms with E-state index in [-0.39, 0.29) is 42.3 Å². The van der Waals surface area contributed by atoms with Crippen LogP contribution in [0.5, 0.6) is 0 Å². The third-order valence-electron chi connectivity index (χ3n) is 8.37. The zero-order valence-electron chi connectivity index (χ0n) is 26.5. The first-order chi connectivity index (χ1) is 20.8. The number of esters is 2. The lowest BCUT2D eigenvalue weighted by atomic mass is 9.83. The minimum atomic E-state index is -2.05. The second kappa shape index (κ2) is 14.9. The SMILES string of the molecule is CCC(CC)C(=O)NC(=NC=NC)c1ccc([C@]2(C#N)O[C@H](COC(=O)CC3CCC3)[C@@H](OC(=O)[C@@H](N)C(C)(C)C)[C@H]2O)[nH]1. The number of hydrogen-bond acceptors (Lipinski definition) is 10. The number of aliphatic imine (C=N–C) groups is 2. The first kappa shape index (κ1) is 34.9. The Morgan fingerprint density at radius 3 is 2.52 bits per heavy atom. The molecule has 242 valence electrons. The molecule has 1 amide bonds. The molecule has 1 saturated carbocycles. The Kier molecular flexibility index (Phi) is 11.8. The molecule has 1 saturated heterocycles. The monoisotopic (exact) mass is 614 g/mol. The van der Waals surface area contributed by atoms with Gasteiger partial charge in [0.2, 0.25) is 11.5 Å². The molecule has 5 atom stereocenters. The van der Waals surface area contributed by atoms with Gasteiger partial charge in [0.15, 0.2) is 11.9 Å². The fraction of sp³-hybridized carbons (Fsp3) is 0.677.